The summed E-state index contributed by atoms with van der Waals surface area (Å²) in [5.41, 5.74) is 3.63. The van der Waals surface area contributed by atoms with E-state index in [0.717, 1.165) is 12.2 Å². The third-order valence-corrected chi connectivity index (χ3v) is 2.47. The van der Waals surface area contributed by atoms with Gasteiger partial charge in [0.2, 0.25) is 0 Å². The second-order valence-electron chi connectivity index (χ2n) is 3.53. The predicted molar refractivity (Wildman–Crippen MR) is 56.8 cm³/mol. The molecule has 0 unspecified atom stereocenters. The molecule has 0 atom stereocenters. The van der Waals surface area contributed by atoms with E-state index in [9.17, 15) is 4.39 Å². The highest BCUT2D eigenvalue weighted by Crippen LogP contribution is 2.22. The number of aryl methyl sites for hydroxylation is 2. The largest absolute Gasteiger partial charge is 0.497 e. The SMILES string of the molecule is COc1cc(C)c(CCCF)c(C)c1. The molecule has 14 heavy (non-hydrogen) atoms. The van der Waals surface area contributed by atoms with Gasteiger partial charge < -0.3 is 4.74 Å². The maximum absolute atomic E-state index is 12.1. The van der Waals surface area contributed by atoms with E-state index in [1.807, 2.05) is 26.0 Å². The minimum absolute atomic E-state index is 0.245. The van der Waals surface area contributed by atoms with Gasteiger partial charge in [0.1, 0.15) is 5.75 Å². The Morgan fingerprint density at radius 3 is 2.21 bits per heavy atom. The zero-order valence-corrected chi connectivity index (χ0v) is 9.06. The molecule has 0 amide bonds. The summed E-state index contributed by atoms with van der Waals surface area (Å²) in [5.74, 6) is 0.879. The first kappa shape index (κ1) is 11.0. The number of methoxy groups -OCH3 is 1. The maximum atomic E-state index is 12.1. The molecule has 0 saturated heterocycles. The van der Waals surface area contributed by atoms with Crippen molar-refractivity contribution < 1.29 is 9.13 Å². The molecule has 0 aliphatic carbocycles. The van der Waals surface area contributed by atoms with Gasteiger partial charge in [-0.15, -0.1) is 0 Å². The number of halogens is 1. The smallest absolute Gasteiger partial charge is 0.119 e. The second kappa shape index (κ2) is 4.99. The van der Waals surface area contributed by atoms with Gasteiger partial charge in [-0.05, 0) is 55.5 Å². The van der Waals surface area contributed by atoms with Crippen molar-refractivity contribution in [2.45, 2.75) is 26.7 Å². The van der Waals surface area contributed by atoms with Crippen LogP contribution in [0.1, 0.15) is 23.1 Å². The van der Waals surface area contributed by atoms with Gasteiger partial charge in [-0.25, -0.2) is 0 Å². The first-order valence-corrected chi connectivity index (χ1v) is 4.89. The minimum atomic E-state index is -0.245. The molecule has 1 nitrogen and oxygen atoms in total. The van der Waals surface area contributed by atoms with Crippen molar-refractivity contribution in [3.63, 3.8) is 0 Å². The molecule has 0 N–H and O–H groups in total. The fourth-order valence-corrected chi connectivity index (χ4v) is 1.71. The summed E-state index contributed by atoms with van der Waals surface area (Å²) in [7, 11) is 1.66. The van der Waals surface area contributed by atoms with Crippen LogP contribution in [0.15, 0.2) is 12.1 Å². The topological polar surface area (TPSA) is 9.23 Å². The summed E-state index contributed by atoms with van der Waals surface area (Å²) in [6.07, 6.45) is 1.42. The van der Waals surface area contributed by atoms with Crippen LogP contribution < -0.4 is 4.74 Å². The lowest BCUT2D eigenvalue weighted by molar-refractivity contribution is 0.413. The Kier molecular flexibility index (Phi) is 3.93. The van der Waals surface area contributed by atoms with Crippen LogP contribution >= 0.6 is 0 Å². The van der Waals surface area contributed by atoms with Gasteiger partial charge in [0.05, 0.1) is 13.8 Å². The van der Waals surface area contributed by atoms with Gasteiger partial charge in [-0.3, -0.25) is 4.39 Å². The monoisotopic (exact) mass is 196 g/mol. The molecule has 78 valence electrons. The molecular formula is C12H17FO. The van der Waals surface area contributed by atoms with Crippen LogP contribution in [-0.4, -0.2) is 13.8 Å². The molecule has 0 radical (unpaired) electrons. The van der Waals surface area contributed by atoms with E-state index in [1.54, 1.807) is 7.11 Å². The molecule has 1 rings (SSSR count). The quantitative estimate of drug-likeness (QED) is 0.718. The van der Waals surface area contributed by atoms with E-state index < -0.39 is 0 Å². The molecule has 0 heterocycles. The molecule has 2 heteroatoms. The minimum Gasteiger partial charge on any atom is -0.497 e. The second-order valence-corrected chi connectivity index (χ2v) is 3.53. The Morgan fingerprint density at radius 2 is 1.79 bits per heavy atom. The Labute approximate surface area is 84.9 Å². The van der Waals surface area contributed by atoms with Gasteiger partial charge in [0, 0.05) is 0 Å². The summed E-state index contributed by atoms with van der Waals surface area (Å²) in [4.78, 5) is 0. The molecule has 0 saturated carbocycles. The molecule has 1 aromatic carbocycles. The van der Waals surface area contributed by atoms with Crippen LogP contribution in [0, 0.1) is 13.8 Å². The highest BCUT2D eigenvalue weighted by molar-refractivity contribution is 5.41. The van der Waals surface area contributed by atoms with Crippen LogP contribution in [0.5, 0.6) is 5.75 Å². The lowest BCUT2D eigenvalue weighted by Crippen LogP contribution is -1.96. The standard InChI is InChI=1S/C12H17FO/c1-9-7-11(14-3)8-10(2)12(9)5-4-6-13/h7-8H,4-6H2,1-3H3. The van der Waals surface area contributed by atoms with Crippen LogP contribution in [-0.2, 0) is 6.42 Å². The fraction of sp³-hybridized carbons (Fsp3) is 0.500. The van der Waals surface area contributed by atoms with Gasteiger partial charge >= 0.3 is 0 Å². The summed E-state index contributed by atoms with van der Waals surface area (Å²) >= 11 is 0. The summed E-state index contributed by atoms with van der Waals surface area (Å²) < 4.78 is 17.2. The van der Waals surface area contributed by atoms with Crippen molar-refractivity contribution in [1.29, 1.82) is 0 Å². The van der Waals surface area contributed by atoms with Gasteiger partial charge in [0.25, 0.3) is 0 Å². The van der Waals surface area contributed by atoms with Crippen LogP contribution in [0.3, 0.4) is 0 Å². The first-order valence-electron chi connectivity index (χ1n) is 4.89. The zero-order chi connectivity index (χ0) is 10.6. The number of benzene rings is 1. The molecular weight excluding hydrogens is 179 g/mol. The van der Waals surface area contributed by atoms with Gasteiger partial charge in [-0.2, -0.15) is 0 Å². The van der Waals surface area contributed by atoms with Crippen LogP contribution in [0.4, 0.5) is 4.39 Å². The molecule has 0 spiro atoms. The summed E-state index contributed by atoms with van der Waals surface area (Å²) in [6.45, 7) is 3.84. The Hall–Kier alpha value is -1.05. The van der Waals surface area contributed by atoms with E-state index in [-0.39, 0.29) is 6.67 Å². The zero-order valence-electron chi connectivity index (χ0n) is 9.06. The Balaban J connectivity index is 2.93. The molecule has 0 bridgehead atoms. The van der Waals surface area contributed by atoms with E-state index in [1.165, 1.54) is 16.7 Å². The molecule has 1 aromatic rings. The number of hydrogen-bond acceptors (Lipinski definition) is 1. The van der Waals surface area contributed by atoms with E-state index in [0.29, 0.717) is 6.42 Å². The number of ether oxygens (including phenoxy) is 1. The van der Waals surface area contributed by atoms with Gasteiger partial charge in [-0.1, -0.05) is 0 Å². The van der Waals surface area contributed by atoms with Crippen molar-refractivity contribution in [3.8, 4) is 5.75 Å². The van der Waals surface area contributed by atoms with E-state index in [4.69, 9.17) is 4.74 Å². The van der Waals surface area contributed by atoms with Crippen LogP contribution in [0.25, 0.3) is 0 Å². The first-order chi connectivity index (χ1) is 6.69. The molecule has 0 aliphatic rings. The third-order valence-electron chi connectivity index (χ3n) is 2.47. The maximum Gasteiger partial charge on any atom is 0.119 e. The molecule has 0 aliphatic heterocycles. The lowest BCUT2D eigenvalue weighted by atomic mass is 9.98. The number of rotatable bonds is 4. The average Bonchev–Trinajstić information content (AvgIpc) is 2.16. The van der Waals surface area contributed by atoms with Crippen molar-refractivity contribution >= 4 is 0 Å². The number of alkyl halides is 1. The normalized spacial score (nSPS) is 10.3. The Bertz CT molecular complexity index is 284. The summed E-state index contributed by atoms with van der Waals surface area (Å²) in [5, 5.41) is 0. The Morgan fingerprint density at radius 1 is 1.21 bits per heavy atom. The number of hydrogen-bond donors (Lipinski definition) is 0. The predicted octanol–water partition coefficient (Wildman–Crippen LogP) is 3.21. The van der Waals surface area contributed by atoms with Crippen molar-refractivity contribution in [2.75, 3.05) is 13.8 Å². The van der Waals surface area contributed by atoms with E-state index >= 15 is 0 Å². The molecule has 0 aromatic heterocycles. The van der Waals surface area contributed by atoms with Gasteiger partial charge in [0.15, 0.2) is 0 Å². The van der Waals surface area contributed by atoms with Crippen molar-refractivity contribution in [2.24, 2.45) is 0 Å². The average molecular weight is 196 g/mol. The lowest BCUT2D eigenvalue weighted by Gasteiger charge is -2.11. The van der Waals surface area contributed by atoms with Crippen LogP contribution in [0.2, 0.25) is 0 Å². The highest BCUT2D eigenvalue weighted by atomic mass is 19.1. The third kappa shape index (κ3) is 2.47. The molecule has 0 fully saturated rings. The summed E-state index contributed by atoms with van der Waals surface area (Å²) in [6, 6.07) is 4.00. The van der Waals surface area contributed by atoms with E-state index in [2.05, 4.69) is 0 Å². The van der Waals surface area contributed by atoms with Crippen molar-refractivity contribution in [1.82, 2.24) is 0 Å². The van der Waals surface area contributed by atoms with Crippen molar-refractivity contribution in [3.05, 3.63) is 28.8 Å². The highest BCUT2D eigenvalue weighted by Gasteiger charge is 2.04. The fourth-order valence-electron chi connectivity index (χ4n) is 1.71.